The fraction of sp³-hybridized carbons (Fsp3) is 0.875. The SMILES string of the molecule is CNC(=S)NCCCC(C)C.[HH].[HH]. The molecule has 2 N–H and O–H groups in total. The minimum Gasteiger partial charge on any atom is -0.366 e. The second kappa shape index (κ2) is 6.40. The Bertz CT molecular complexity index is 121. The molecule has 0 heterocycles. The van der Waals surface area contributed by atoms with Gasteiger partial charge in [0.25, 0.3) is 0 Å². The van der Waals surface area contributed by atoms with Crippen LogP contribution in [0.5, 0.6) is 0 Å². The van der Waals surface area contributed by atoms with Crippen molar-refractivity contribution in [3.05, 3.63) is 0 Å². The number of hydrogen-bond acceptors (Lipinski definition) is 1. The molecular weight excluding hydrogens is 156 g/mol. The van der Waals surface area contributed by atoms with Crippen LogP contribution in [-0.4, -0.2) is 18.7 Å². The number of rotatable bonds is 4. The zero-order valence-electron chi connectivity index (χ0n) is 7.61. The van der Waals surface area contributed by atoms with Crippen molar-refractivity contribution < 1.29 is 2.85 Å². The van der Waals surface area contributed by atoms with Gasteiger partial charge < -0.3 is 10.6 Å². The van der Waals surface area contributed by atoms with E-state index in [-0.39, 0.29) is 2.85 Å². The maximum Gasteiger partial charge on any atom is 0.166 e. The quantitative estimate of drug-likeness (QED) is 0.509. The Morgan fingerprint density at radius 2 is 2.18 bits per heavy atom. The molecule has 0 aliphatic carbocycles. The molecule has 0 aliphatic heterocycles. The molecule has 0 saturated heterocycles. The van der Waals surface area contributed by atoms with Crippen LogP contribution in [0.15, 0.2) is 0 Å². The summed E-state index contributed by atoms with van der Waals surface area (Å²) in [6, 6.07) is 0. The highest BCUT2D eigenvalue weighted by atomic mass is 32.1. The van der Waals surface area contributed by atoms with Gasteiger partial charge in [-0.25, -0.2) is 0 Å². The van der Waals surface area contributed by atoms with E-state index in [0.717, 1.165) is 17.6 Å². The van der Waals surface area contributed by atoms with Gasteiger partial charge >= 0.3 is 0 Å². The first kappa shape index (κ1) is 10.7. The van der Waals surface area contributed by atoms with Gasteiger partial charge in [-0.3, -0.25) is 0 Å². The van der Waals surface area contributed by atoms with Crippen LogP contribution in [0.4, 0.5) is 0 Å². The van der Waals surface area contributed by atoms with Gasteiger partial charge in [0, 0.05) is 16.4 Å². The molecule has 0 spiro atoms. The first-order valence-corrected chi connectivity index (χ1v) is 4.53. The van der Waals surface area contributed by atoms with Crippen molar-refractivity contribution in [2.45, 2.75) is 26.7 Å². The molecule has 0 fully saturated rings. The highest BCUT2D eigenvalue weighted by Crippen LogP contribution is 2.01. The van der Waals surface area contributed by atoms with Crippen molar-refractivity contribution in [3.8, 4) is 0 Å². The van der Waals surface area contributed by atoms with Gasteiger partial charge in [0.05, 0.1) is 0 Å². The molecule has 0 bridgehead atoms. The standard InChI is InChI=1S/C8H18N2S.2H2/c1-7(2)5-4-6-10-8(11)9-3;;/h7H,4-6H2,1-3H3,(H2,9,10,11);2*1H. The van der Waals surface area contributed by atoms with Crippen LogP contribution in [0.3, 0.4) is 0 Å². The van der Waals surface area contributed by atoms with Gasteiger partial charge in [0.1, 0.15) is 0 Å². The summed E-state index contributed by atoms with van der Waals surface area (Å²) in [4.78, 5) is 0. The minimum absolute atomic E-state index is 0. The van der Waals surface area contributed by atoms with Crippen molar-refractivity contribution in [2.75, 3.05) is 13.6 Å². The Morgan fingerprint density at radius 3 is 2.64 bits per heavy atom. The molecule has 3 heteroatoms. The Hall–Kier alpha value is -0.310. The topological polar surface area (TPSA) is 24.1 Å². The monoisotopic (exact) mass is 178 g/mol. The summed E-state index contributed by atoms with van der Waals surface area (Å²) >= 11 is 4.91. The molecule has 0 amide bonds. The van der Waals surface area contributed by atoms with E-state index in [0.29, 0.717) is 0 Å². The van der Waals surface area contributed by atoms with E-state index in [1.165, 1.54) is 12.8 Å². The first-order valence-electron chi connectivity index (χ1n) is 4.12. The van der Waals surface area contributed by atoms with Crippen LogP contribution < -0.4 is 10.6 Å². The van der Waals surface area contributed by atoms with Crippen LogP contribution in [0, 0.1) is 5.92 Å². The van der Waals surface area contributed by atoms with Crippen molar-refractivity contribution in [1.29, 1.82) is 0 Å². The average molecular weight is 178 g/mol. The molecule has 0 atom stereocenters. The predicted octanol–water partition coefficient (Wildman–Crippen LogP) is 2.01. The summed E-state index contributed by atoms with van der Waals surface area (Å²) in [7, 11) is 1.83. The lowest BCUT2D eigenvalue weighted by molar-refractivity contribution is 0.551. The zero-order valence-corrected chi connectivity index (χ0v) is 8.42. The molecule has 0 unspecified atom stereocenters. The van der Waals surface area contributed by atoms with Crippen LogP contribution in [0.2, 0.25) is 0 Å². The summed E-state index contributed by atoms with van der Waals surface area (Å²) in [5, 5.41) is 6.73. The van der Waals surface area contributed by atoms with Crippen LogP contribution in [0.25, 0.3) is 0 Å². The number of thiocarbonyl (C=S) groups is 1. The van der Waals surface area contributed by atoms with Gasteiger partial charge in [0.15, 0.2) is 5.11 Å². The van der Waals surface area contributed by atoms with Gasteiger partial charge in [-0.15, -0.1) is 0 Å². The Kier molecular flexibility index (Phi) is 6.22. The molecule has 0 rings (SSSR count). The lowest BCUT2D eigenvalue weighted by Gasteiger charge is -2.07. The highest BCUT2D eigenvalue weighted by molar-refractivity contribution is 7.80. The summed E-state index contributed by atoms with van der Waals surface area (Å²) in [5.74, 6) is 0.792. The van der Waals surface area contributed by atoms with Gasteiger partial charge in [-0.2, -0.15) is 0 Å². The fourth-order valence-corrected chi connectivity index (χ4v) is 0.903. The lowest BCUT2D eigenvalue weighted by Crippen LogP contribution is -2.33. The molecule has 0 aromatic carbocycles. The summed E-state index contributed by atoms with van der Waals surface area (Å²) in [6.45, 7) is 5.45. The second-order valence-corrected chi connectivity index (χ2v) is 3.45. The second-order valence-electron chi connectivity index (χ2n) is 3.04. The third kappa shape index (κ3) is 7.59. The molecule has 0 radical (unpaired) electrons. The van der Waals surface area contributed by atoms with Crippen LogP contribution >= 0.6 is 12.2 Å². The molecular formula is C8H22N2S. The maximum absolute atomic E-state index is 4.91. The lowest BCUT2D eigenvalue weighted by atomic mass is 10.1. The Balaban J connectivity index is -0.000000500. The first-order chi connectivity index (χ1) is 5.16. The maximum atomic E-state index is 4.91. The molecule has 0 aromatic heterocycles. The average Bonchev–Trinajstić information content (AvgIpc) is 1.97. The highest BCUT2D eigenvalue weighted by Gasteiger charge is 1.93. The fourth-order valence-electron chi connectivity index (χ4n) is 0.801. The Morgan fingerprint density at radius 1 is 1.55 bits per heavy atom. The molecule has 70 valence electrons. The minimum atomic E-state index is 0. The predicted molar refractivity (Wildman–Crippen MR) is 58.0 cm³/mol. The smallest absolute Gasteiger partial charge is 0.166 e. The van der Waals surface area contributed by atoms with Crippen LogP contribution in [-0.2, 0) is 0 Å². The van der Waals surface area contributed by atoms with E-state index in [1.54, 1.807) is 0 Å². The van der Waals surface area contributed by atoms with Gasteiger partial charge in [-0.05, 0) is 31.0 Å². The molecule has 2 nitrogen and oxygen atoms in total. The van der Waals surface area contributed by atoms with Gasteiger partial charge in [-0.1, -0.05) is 13.8 Å². The van der Waals surface area contributed by atoms with E-state index in [9.17, 15) is 0 Å². The Labute approximate surface area is 77.7 Å². The van der Waals surface area contributed by atoms with Gasteiger partial charge in [0.2, 0.25) is 0 Å². The molecule has 0 aliphatic rings. The third-order valence-electron chi connectivity index (χ3n) is 1.47. The van der Waals surface area contributed by atoms with E-state index in [2.05, 4.69) is 24.5 Å². The summed E-state index contributed by atoms with van der Waals surface area (Å²) in [6.07, 6.45) is 2.46. The van der Waals surface area contributed by atoms with E-state index >= 15 is 0 Å². The zero-order chi connectivity index (χ0) is 8.69. The largest absolute Gasteiger partial charge is 0.366 e. The van der Waals surface area contributed by atoms with Crippen molar-refractivity contribution >= 4 is 17.3 Å². The normalized spacial score (nSPS) is 9.82. The number of hydrogen-bond donors (Lipinski definition) is 2. The molecule has 11 heavy (non-hydrogen) atoms. The van der Waals surface area contributed by atoms with Crippen molar-refractivity contribution in [3.63, 3.8) is 0 Å². The van der Waals surface area contributed by atoms with Crippen molar-refractivity contribution in [1.82, 2.24) is 10.6 Å². The van der Waals surface area contributed by atoms with E-state index in [4.69, 9.17) is 12.2 Å². The van der Waals surface area contributed by atoms with Crippen molar-refractivity contribution in [2.24, 2.45) is 5.92 Å². The molecule has 0 saturated carbocycles. The molecule has 0 aromatic rings. The summed E-state index contributed by atoms with van der Waals surface area (Å²) < 4.78 is 0. The van der Waals surface area contributed by atoms with Crippen LogP contribution in [0.1, 0.15) is 29.5 Å². The van der Waals surface area contributed by atoms with E-state index in [1.807, 2.05) is 7.05 Å². The van der Waals surface area contributed by atoms with E-state index < -0.39 is 0 Å². The number of nitrogens with one attached hydrogen (secondary N) is 2. The third-order valence-corrected chi connectivity index (χ3v) is 1.82. The summed E-state index contributed by atoms with van der Waals surface area (Å²) in [5.41, 5.74) is 0.